The smallest absolute Gasteiger partial charge is 0.235 e. The molecule has 5 heteroatoms. The van der Waals surface area contributed by atoms with Gasteiger partial charge >= 0.3 is 0 Å². The van der Waals surface area contributed by atoms with Gasteiger partial charge in [-0.2, -0.15) is 0 Å². The quantitative estimate of drug-likeness (QED) is 0.696. The summed E-state index contributed by atoms with van der Waals surface area (Å²) in [4.78, 5) is 0. The Morgan fingerprint density at radius 1 is 1.31 bits per heavy atom. The molecule has 0 aromatic heterocycles. The first-order valence-electron chi connectivity index (χ1n) is 4.55. The van der Waals surface area contributed by atoms with Gasteiger partial charge in [-0.1, -0.05) is 19.3 Å². The van der Waals surface area contributed by atoms with Gasteiger partial charge in [-0.05, 0) is 18.8 Å². The Bertz CT molecular complexity index is 247. The fourth-order valence-corrected chi connectivity index (χ4v) is 2.84. The zero-order valence-corrected chi connectivity index (χ0v) is 8.95. The van der Waals surface area contributed by atoms with E-state index in [9.17, 15) is 12.8 Å². The molecular weight excluding hydrogens is 215 g/mol. The van der Waals surface area contributed by atoms with E-state index in [-0.39, 0.29) is 5.92 Å². The van der Waals surface area contributed by atoms with Crippen LogP contribution in [0, 0.1) is 5.92 Å². The van der Waals surface area contributed by atoms with E-state index in [2.05, 4.69) is 0 Å². The maximum absolute atomic E-state index is 13.3. The second-order valence-corrected chi connectivity index (χ2v) is 6.44. The first kappa shape index (κ1) is 11.2. The van der Waals surface area contributed by atoms with Crippen LogP contribution >= 0.6 is 10.7 Å². The van der Waals surface area contributed by atoms with Gasteiger partial charge in [-0.25, -0.2) is 12.8 Å². The van der Waals surface area contributed by atoms with Gasteiger partial charge in [-0.3, -0.25) is 0 Å². The van der Waals surface area contributed by atoms with Crippen LogP contribution in [0.1, 0.15) is 32.1 Å². The second kappa shape index (κ2) is 4.60. The van der Waals surface area contributed by atoms with Gasteiger partial charge in [0.1, 0.15) is 6.17 Å². The molecule has 1 unspecified atom stereocenters. The predicted molar refractivity (Wildman–Crippen MR) is 51.1 cm³/mol. The summed E-state index contributed by atoms with van der Waals surface area (Å²) in [5, 5.41) is 0. The number of alkyl halides is 1. The van der Waals surface area contributed by atoms with Crippen molar-refractivity contribution in [2.45, 2.75) is 38.3 Å². The molecule has 78 valence electrons. The van der Waals surface area contributed by atoms with E-state index in [0.717, 1.165) is 32.1 Å². The molecular formula is C8H14ClFO2S. The molecule has 1 atom stereocenters. The molecule has 13 heavy (non-hydrogen) atoms. The standard InChI is InChI=1S/C8H14ClFO2S/c9-13(11,12)6-8(10)7-4-2-1-3-5-7/h7-8H,1-6H2. The third kappa shape index (κ3) is 4.27. The molecule has 0 aromatic carbocycles. The summed E-state index contributed by atoms with van der Waals surface area (Å²) in [7, 11) is 1.30. The Balaban J connectivity index is 2.42. The van der Waals surface area contributed by atoms with E-state index in [0.29, 0.717) is 0 Å². The summed E-state index contributed by atoms with van der Waals surface area (Å²) in [6, 6.07) is 0. The maximum Gasteiger partial charge on any atom is 0.235 e. The summed E-state index contributed by atoms with van der Waals surface area (Å²) in [5.74, 6) is -0.624. The van der Waals surface area contributed by atoms with E-state index in [1.54, 1.807) is 0 Å². The zero-order chi connectivity index (χ0) is 9.90. The number of halogens is 2. The number of rotatable bonds is 3. The van der Waals surface area contributed by atoms with Crippen LogP contribution in [0.3, 0.4) is 0 Å². The molecule has 1 rings (SSSR count). The summed E-state index contributed by atoms with van der Waals surface area (Å²) >= 11 is 0. The highest BCUT2D eigenvalue weighted by atomic mass is 35.7. The van der Waals surface area contributed by atoms with Gasteiger partial charge in [0.25, 0.3) is 0 Å². The van der Waals surface area contributed by atoms with E-state index < -0.39 is 21.0 Å². The molecule has 0 saturated heterocycles. The Morgan fingerprint density at radius 3 is 2.31 bits per heavy atom. The van der Waals surface area contributed by atoms with Crippen molar-refractivity contribution in [2.75, 3.05) is 5.75 Å². The lowest BCUT2D eigenvalue weighted by Gasteiger charge is -2.23. The van der Waals surface area contributed by atoms with Gasteiger partial charge in [0.05, 0.1) is 5.75 Å². The highest BCUT2D eigenvalue weighted by Gasteiger charge is 2.26. The SMILES string of the molecule is O=S(=O)(Cl)CC(F)C1CCCCC1. The number of hydrogen-bond donors (Lipinski definition) is 0. The molecule has 0 spiro atoms. The lowest BCUT2D eigenvalue weighted by molar-refractivity contribution is 0.200. The van der Waals surface area contributed by atoms with Crippen LogP contribution in [0.2, 0.25) is 0 Å². The summed E-state index contributed by atoms with van der Waals surface area (Å²) in [6.07, 6.45) is 3.47. The topological polar surface area (TPSA) is 34.1 Å². The molecule has 0 radical (unpaired) electrons. The van der Waals surface area contributed by atoms with Crippen molar-refractivity contribution in [1.82, 2.24) is 0 Å². The van der Waals surface area contributed by atoms with Gasteiger partial charge in [0.2, 0.25) is 9.05 Å². The van der Waals surface area contributed by atoms with Gasteiger partial charge in [0, 0.05) is 10.7 Å². The molecule has 2 nitrogen and oxygen atoms in total. The Labute approximate surface area is 82.9 Å². The molecule has 0 heterocycles. The summed E-state index contributed by atoms with van der Waals surface area (Å²) in [5.41, 5.74) is 0. The maximum atomic E-state index is 13.3. The fraction of sp³-hybridized carbons (Fsp3) is 1.00. The summed E-state index contributed by atoms with van der Waals surface area (Å²) < 4.78 is 34.5. The first-order valence-corrected chi connectivity index (χ1v) is 7.03. The van der Waals surface area contributed by atoms with Crippen LogP contribution in [0.4, 0.5) is 4.39 Å². The van der Waals surface area contributed by atoms with E-state index in [4.69, 9.17) is 10.7 Å². The fourth-order valence-electron chi connectivity index (χ4n) is 1.82. The first-order chi connectivity index (χ1) is 5.99. The summed E-state index contributed by atoms with van der Waals surface area (Å²) in [6.45, 7) is 0. The number of hydrogen-bond acceptors (Lipinski definition) is 2. The van der Waals surface area contributed by atoms with Crippen molar-refractivity contribution in [3.05, 3.63) is 0 Å². The third-order valence-corrected chi connectivity index (χ3v) is 3.61. The highest BCUT2D eigenvalue weighted by molar-refractivity contribution is 8.13. The average Bonchev–Trinajstić information content (AvgIpc) is 2.03. The largest absolute Gasteiger partial charge is 0.246 e. The predicted octanol–water partition coefficient (Wildman–Crippen LogP) is 2.47. The van der Waals surface area contributed by atoms with Crippen molar-refractivity contribution in [3.8, 4) is 0 Å². The third-order valence-electron chi connectivity index (χ3n) is 2.52. The van der Waals surface area contributed by atoms with Crippen LogP contribution in [0.15, 0.2) is 0 Å². The van der Waals surface area contributed by atoms with Gasteiger partial charge < -0.3 is 0 Å². The van der Waals surface area contributed by atoms with Crippen molar-refractivity contribution < 1.29 is 12.8 Å². The molecule has 0 N–H and O–H groups in total. The molecule has 0 aliphatic heterocycles. The lowest BCUT2D eigenvalue weighted by atomic mass is 9.86. The van der Waals surface area contributed by atoms with Crippen LogP contribution < -0.4 is 0 Å². The Morgan fingerprint density at radius 2 is 1.85 bits per heavy atom. The van der Waals surface area contributed by atoms with E-state index in [1.807, 2.05) is 0 Å². The van der Waals surface area contributed by atoms with Crippen molar-refractivity contribution in [1.29, 1.82) is 0 Å². The van der Waals surface area contributed by atoms with Crippen molar-refractivity contribution in [3.63, 3.8) is 0 Å². The van der Waals surface area contributed by atoms with Crippen LogP contribution in [-0.4, -0.2) is 20.3 Å². The normalized spacial score (nSPS) is 22.9. The van der Waals surface area contributed by atoms with E-state index in [1.165, 1.54) is 0 Å². The van der Waals surface area contributed by atoms with Crippen LogP contribution in [0.5, 0.6) is 0 Å². The molecule has 1 aliphatic rings. The van der Waals surface area contributed by atoms with Crippen molar-refractivity contribution >= 4 is 19.7 Å². The van der Waals surface area contributed by atoms with Crippen LogP contribution in [0.25, 0.3) is 0 Å². The van der Waals surface area contributed by atoms with E-state index >= 15 is 0 Å². The second-order valence-electron chi connectivity index (χ2n) is 3.62. The zero-order valence-electron chi connectivity index (χ0n) is 7.38. The molecule has 1 fully saturated rings. The van der Waals surface area contributed by atoms with Crippen LogP contribution in [-0.2, 0) is 9.05 Å². The molecule has 0 amide bonds. The minimum Gasteiger partial charge on any atom is -0.246 e. The Hall–Kier alpha value is 0.170. The van der Waals surface area contributed by atoms with Gasteiger partial charge in [0.15, 0.2) is 0 Å². The monoisotopic (exact) mass is 228 g/mol. The molecule has 1 saturated carbocycles. The Kier molecular flexibility index (Phi) is 3.98. The van der Waals surface area contributed by atoms with Crippen molar-refractivity contribution in [2.24, 2.45) is 5.92 Å². The highest BCUT2D eigenvalue weighted by Crippen LogP contribution is 2.29. The molecule has 1 aliphatic carbocycles. The molecule has 0 bridgehead atoms. The minimum absolute atomic E-state index is 0.0951. The molecule has 0 aromatic rings. The minimum atomic E-state index is -3.68. The lowest BCUT2D eigenvalue weighted by Crippen LogP contribution is -2.25. The average molecular weight is 229 g/mol. The van der Waals surface area contributed by atoms with Gasteiger partial charge in [-0.15, -0.1) is 0 Å².